The van der Waals surface area contributed by atoms with Crippen molar-refractivity contribution in [3.8, 4) is 17.2 Å². The second kappa shape index (κ2) is 12.3. The smallest absolute Gasteiger partial charge is 0.390 e. The van der Waals surface area contributed by atoms with Crippen LogP contribution in [0.1, 0.15) is 41.0 Å². The molecule has 1 N–H and O–H groups in total. The average Bonchev–Trinajstić information content (AvgIpc) is 3.39. The summed E-state index contributed by atoms with van der Waals surface area (Å²) < 4.78 is 61.5. The number of fused-ring (bicyclic) bond motifs is 2. The molecular formula is C28H34F3N3O6. The lowest BCUT2D eigenvalue weighted by Gasteiger charge is -2.36. The van der Waals surface area contributed by atoms with Crippen molar-refractivity contribution < 1.29 is 41.7 Å². The number of nitrogens with zero attached hydrogens (tertiary/aromatic N) is 2. The zero-order chi connectivity index (χ0) is 29.0. The molecule has 0 saturated carbocycles. The number of methoxy groups -OCH3 is 1. The van der Waals surface area contributed by atoms with Gasteiger partial charge >= 0.3 is 6.18 Å². The van der Waals surface area contributed by atoms with Gasteiger partial charge in [-0.05, 0) is 43.2 Å². The maximum absolute atomic E-state index is 13.4. The Balaban J connectivity index is 1.59. The van der Waals surface area contributed by atoms with E-state index in [4.69, 9.17) is 18.9 Å². The lowest BCUT2D eigenvalue weighted by molar-refractivity contribution is -0.140. The van der Waals surface area contributed by atoms with Crippen LogP contribution in [0.2, 0.25) is 0 Å². The summed E-state index contributed by atoms with van der Waals surface area (Å²) in [5, 5.41) is 2.80. The van der Waals surface area contributed by atoms with Crippen molar-refractivity contribution in [1.82, 2.24) is 9.80 Å². The number of halogens is 3. The van der Waals surface area contributed by atoms with Gasteiger partial charge in [-0.3, -0.25) is 14.5 Å². The number of anilines is 1. The van der Waals surface area contributed by atoms with Crippen LogP contribution in [0.4, 0.5) is 18.9 Å². The first-order valence-corrected chi connectivity index (χ1v) is 13.0. The molecule has 0 unspecified atom stereocenters. The van der Waals surface area contributed by atoms with Crippen LogP contribution in [0.3, 0.4) is 0 Å². The summed E-state index contributed by atoms with van der Waals surface area (Å²) in [5.41, 5.74) is 0.997. The number of amides is 2. The highest BCUT2D eigenvalue weighted by molar-refractivity contribution is 6.05. The standard InChI is InChI=1S/C28H34F3N3O6/c1-17-13-34(10-9-28(29,30)31)18(2)15-38-23-12-20(6-7-21(23)27(36)33(3)14-25(17)37-4)32-26(35)19-5-8-22-24(11-19)40-16-39-22/h5-8,11-12,17-18,25H,9-10,13-16H2,1-4H3,(H,32,35)/t17-,18+,25+/m0/s1. The van der Waals surface area contributed by atoms with Crippen LogP contribution in [0, 0.1) is 5.92 Å². The Labute approximate surface area is 231 Å². The Bertz CT molecular complexity index is 1220. The van der Waals surface area contributed by atoms with Crippen LogP contribution >= 0.6 is 0 Å². The van der Waals surface area contributed by atoms with E-state index in [-0.39, 0.29) is 49.6 Å². The molecule has 0 aliphatic carbocycles. The minimum Gasteiger partial charge on any atom is -0.491 e. The average molecular weight is 566 g/mol. The van der Waals surface area contributed by atoms with E-state index >= 15 is 0 Å². The molecule has 0 radical (unpaired) electrons. The number of hydrogen-bond donors (Lipinski definition) is 1. The molecule has 0 bridgehead atoms. The molecule has 9 nitrogen and oxygen atoms in total. The molecule has 2 aromatic carbocycles. The Morgan fingerprint density at radius 3 is 2.52 bits per heavy atom. The fourth-order valence-electron chi connectivity index (χ4n) is 4.75. The summed E-state index contributed by atoms with van der Waals surface area (Å²) >= 11 is 0. The molecule has 0 saturated heterocycles. The van der Waals surface area contributed by atoms with E-state index in [9.17, 15) is 22.8 Å². The Morgan fingerprint density at radius 2 is 1.80 bits per heavy atom. The van der Waals surface area contributed by atoms with Crippen molar-refractivity contribution in [1.29, 1.82) is 0 Å². The van der Waals surface area contributed by atoms with Crippen LogP contribution in [-0.4, -0.2) is 87.1 Å². The Kier molecular flexibility index (Phi) is 9.09. The third-order valence-electron chi connectivity index (χ3n) is 7.15. The van der Waals surface area contributed by atoms with E-state index in [2.05, 4.69) is 5.32 Å². The second-order valence-electron chi connectivity index (χ2n) is 10.2. The van der Waals surface area contributed by atoms with E-state index in [0.717, 1.165) is 0 Å². The number of nitrogens with one attached hydrogen (secondary N) is 1. The normalized spacial score (nSPS) is 22.1. The number of alkyl halides is 3. The molecule has 2 aromatic rings. The predicted molar refractivity (Wildman–Crippen MR) is 141 cm³/mol. The summed E-state index contributed by atoms with van der Waals surface area (Å²) in [6.07, 6.45) is -5.64. The number of likely N-dealkylation sites (N-methyl/N-ethyl adjacent to an activating group) is 1. The summed E-state index contributed by atoms with van der Waals surface area (Å²) in [6.45, 7) is 4.18. The van der Waals surface area contributed by atoms with Crippen LogP contribution in [-0.2, 0) is 4.74 Å². The van der Waals surface area contributed by atoms with Gasteiger partial charge in [0.1, 0.15) is 12.4 Å². The molecule has 3 atom stereocenters. The van der Waals surface area contributed by atoms with Crippen molar-refractivity contribution in [3.05, 3.63) is 47.5 Å². The van der Waals surface area contributed by atoms with E-state index < -0.39 is 30.7 Å². The fourth-order valence-corrected chi connectivity index (χ4v) is 4.75. The molecule has 12 heteroatoms. The van der Waals surface area contributed by atoms with Crippen LogP contribution < -0.4 is 19.5 Å². The fraction of sp³-hybridized carbons (Fsp3) is 0.500. The maximum atomic E-state index is 13.4. The molecule has 2 amide bonds. The first-order valence-electron chi connectivity index (χ1n) is 13.0. The summed E-state index contributed by atoms with van der Waals surface area (Å²) in [6, 6.07) is 9.14. The van der Waals surface area contributed by atoms with Crippen molar-refractivity contribution in [2.24, 2.45) is 5.92 Å². The molecule has 0 spiro atoms. The van der Waals surface area contributed by atoms with Gasteiger partial charge in [0.2, 0.25) is 6.79 Å². The highest BCUT2D eigenvalue weighted by atomic mass is 19.4. The molecule has 0 aromatic heterocycles. The highest BCUT2D eigenvalue weighted by Crippen LogP contribution is 2.33. The van der Waals surface area contributed by atoms with Crippen molar-refractivity contribution in [2.45, 2.75) is 38.6 Å². The number of benzene rings is 2. The van der Waals surface area contributed by atoms with Gasteiger partial charge in [0.15, 0.2) is 11.5 Å². The van der Waals surface area contributed by atoms with Gasteiger partial charge in [-0.2, -0.15) is 13.2 Å². The topological polar surface area (TPSA) is 89.6 Å². The zero-order valence-electron chi connectivity index (χ0n) is 22.9. The SMILES string of the molecule is CO[C@@H]1CN(C)C(=O)c2ccc(NC(=O)c3ccc4c(c3)OCO4)cc2OC[C@@H](C)N(CCC(F)(F)F)C[C@@H]1C. The minimum atomic E-state index is -4.29. The van der Waals surface area contributed by atoms with Crippen LogP contribution in [0.25, 0.3) is 0 Å². The molecular weight excluding hydrogens is 531 g/mol. The second-order valence-corrected chi connectivity index (χ2v) is 10.2. The lowest BCUT2D eigenvalue weighted by atomic mass is 10.0. The van der Waals surface area contributed by atoms with Gasteiger partial charge in [-0.15, -0.1) is 0 Å². The summed E-state index contributed by atoms with van der Waals surface area (Å²) in [7, 11) is 3.16. The monoisotopic (exact) mass is 565 g/mol. The molecule has 2 aliphatic rings. The number of carbonyl (C=O) groups is 2. The number of ether oxygens (including phenoxy) is 4. The van der Waals surface area contributed by atoms with Gasteiger partial charge < -0.3 is 29.2 Å². The third kappa shape index (κ3) is 7.16. The molecule has 218 valence electrons. The molecule has 0 fully saturated rings. The van der Waals surface area contributed by atoms with E-state index in [1.807, 2.05) is 6.92 Å². The van der Waals surface area contributed by atoms with Gasteiger partial charge in [-0.25, -0.2) is 0 Å². The summed E-state index contributed by atoms with van der Waals surface area (Å²) in [4.78, 5) is 29.5. The Morgan fingerprint density at radius 1 is 1.05 bits per heavy atom. The first kappa shape index (κ1) is 29.5. The van der Waals surface area contributed by atoms with Gasteiger partial charge in [0, 0.05) is 57.2 Å². The molecule has 40 heavy (non-hydrogen) atoms. The van der Waals surface area contributed by atoms with E-state index in [0.29, 0.717) is 29.3 Å². The predicted octanol–water partition coefficient (Wildman–Crippen LogP) is 4.43. The van der Waals surface area contributed by atoms with Crippen molar-refractivity contribution in [2.75, 3.05) is 52.5 Å². The van der Waals surface area contributed by atoms with Gasteiger partial charge in [0.05, 0.1) is 18.1 Å². The maximum Gasteiger partial charge on any atom is 0.390 e. The molecule has 2 aliphatic heterocycles. The van der Waals surface area contributed by atoms with Crippen molar-refractivity contribution in [3.63, 3.8) is 0 Å². The largest absolute Gasteiger partial charge is 0.491 e. The van der Waals surface area contributed by atoms with E-state index in [1.54, 1.807) is 55.3 Å². The molecule has 4 rings (SSSR count). The van der Waals surface area contributed by atoms with Crippen molar-refractivity contribution >= 4 is 17.5 Å². The number of carbonyl (C=O) groups excluding carboxylic acids is 2. The number of rotatable bonds is 5. The summed E-state index contributed by atoms with van der Waals surface area (Å²) in [5.74, 6) is 0.374. The van der Waals surface area contributed by atoms with Crippen LogP contribution in [0.15, 0.2) is 36.4 Å². The number of hydrogen-bond acceptors (Lipinski definition) is 7. The Hall–Kier alpha value is -3.51. The van der Waals surface area contributed by atoms with E-state index in [1.165, 1.54) is 12.0 Å². The molecule has 2 heterocycles. The lowest BCUT2D eigenvalue weighted by Crippen LogP contribution is -2.47. The van der Waals surface area contributed by atoms with Crippen LogP contribution in [0.5, 0.6) is 17.2 Å². The third-order valence-corrected chi connectivity index (χ3v) is 7.15. The first-order chi connectivity index (χ1) is 18.9. The van der Waals surface area contributed by atoms with Gasteiger partial charge in [0.25, 0.3) is 11.8 Å². The highest BCUT2D eigenvalue weighted by Gasteiger charge is 2.32. The minimum absolute atomic E-state index is 0.0335. The zero-order valence-corrected chi connectivity index (χ0v) is 22.9. The quantitative estimate of drug-likeness (QED) is 0.574. The van der Waals surface area contributed by atoms with Gasteiger partial charge in [-0.1, -0.05) is 6.92 Å².